The van der Waals surface area contributed by atoms with Gasteiger partial charge in [0.25, 0.3) is 0 Å². The molecule has 0 bridgehead atoms. The lowest BCUT2D eigenvalue weighted by molar-refractivity contribution is -0.123. The van der Waals surface area contributed by atoms with E-state index in [1.807, 2.05) is 6.08 Å². The van der Waals surface area contributed by atoms with Crippen LogP contribution in [0.1, 0.15) is 20.8 Å². The Labute approximate surface area is 67.4 Å². The Kier molecular flexibility index (Phi) is 5.47. The summed E-state index contributed by atoms with van der Waals surface area (Å²) in [6.07, 6.45) is 3.63. The summed E-state index contributed by atoms with van der Waals surface area (Å²) in [5, 5.41) is 0. The van der Waals surface area contributed by atoms with Crippen molar-refractivity contribution in [1.82, 2.24) is 5.48 Å². The molecule has 0 saturated carbocycles. The van der Waals surface area contributed by atoms with Crippen LogP contribution in [-0.4, -0.2) is 12.4 Å². The van der Waals surface area contributed by atoms with Gasteiger partial charge in [0.1, 0.15) is 6.61 Å². The largest absolute Gasteiger partial charge is 0.297 e. The summed E-state index contributed by atoms with van der Waals surface area (Å²) in [6.45, 7) is 5.71. The molecule has 64 valence electrons. The summed E-state index contributed by atoms with van der Waals surface area (Å²) >= 11 is 0. The van der Waals surface area contributed by atoms with Crippen LogP contribution in [0.5, 0.6) is 0 Å². The van der Waals surface area contributed by atoms with Gasteiger partial charge >= 0.3 is 0 Å². The van der Waals surface area contributed by atoms with Crippen LogP contribution < -0.4 is 5.48 Å². The van der Waals surface area contributed by atoms with E-state index < -0.39 is 0 Å². The molecule has 0 saturated heterocycles. The number of carbonyl (C=O) groups is 1. The molecule has 0 spiro atoms. The van der Waals surface area contributed by atoms with E-state index in [2.05, 4.69) is 19.3 Å². The number of ketones is 1. The van der Waals surface area contributed by atoms with Crippen molar-refractivity contribution < 1.29 is 9.63 Å². The van der Waals surface area contributed by atoms with Gasteiger partial charge in [-0.2, -0.15) is 0 Å². The molecule has 3 nitrogen and oxygen atoms in total. The maximum atomic E-state index is 10.4. The molecule has 0 unspecified atom stereocenters. The first kappa shape index (κ1) is 10.2. The summed E-state index contributed by atoms with van der Waals surface area (Å²) < 4.78 is 0. The maximum Gasteiger partial charge on any atom is 0.158 e. The Bertz CT molecular complexity index is 141. The Balaban J connectivity index is 3.20. The van der Waals surface area contributed by atoms with Crippen molar-refractivity contribution in [2.24, 2.45) is 5.92 Å². The number of hydrogen-bond donors (Lipinski definition) is 1. The third-order valence-corrected chi connectivity index (χ3v) is 0.908. The zero-order chi connectivity index (χ0) is 8.69. The van der Waals surface area contributed by atoms with Gasteiger partial charge in [0.15, 0.2) is 5.78 Å². The molecule has 0 radical (unpaired) electrons. The molecule has 1 N–H and O–H groups in total. The van der Waals surface area contributed by atoms with E-state index in [9.17, 15) is 4.79 Å². The predicted octanol–water partition coefficient (Wildman–Crippen LogP) is 1.27. The molecule has 0 aromatic heterocycles. The number of allylic oxidation sites excluding steroid dienone is 1. The van der Waals surface area contributed by atoms with Gasteiger partial charge in [-0.25, -0.2) is 0 Å². The van der Waals surface area contributed by atoms with Crippen molar-refractivity contribution in [2.45, 2.75) is 20.8 Å². The van der Waals surface area contributed by atoms with E-state index in [-0.39, 0.29) is 12.4 Å². The van der Waals surface area contributed by atoms with Gasteiger partial charge in [-0.05, 0) is 12.8 Å². The van der Waals surface area contributed by atoms with Crippen molar-refractivity contribution >= 4 is 5.78 Å². The molecule has 0 rings (SSSR count). The third-order valence-electron chi connectivity index (χ3n) is 0.908. The lowest BCUT2D eigenvalue weighted by atomic mass is 10.2. The first-order valence-corrected chi connectivity index (χ1v) is 3.66. The van der Waals surface area contributed by atoms with Crippen LogP contribution >= 0.6 is 0 Å². The van der Waals surface area contributed by atoms with E-state index >= 15 is 0 Å². The molecule has 0 aromatic rings. The van der Waals surface area contributed by atoms with E-state index in [1.165, 1.54) is 6.92 Å². The van der Waals surface area contributed by atoms with Crippen LogP contribution in [0.4, 0.5) is 0 Å². The lowest BCUT2D eigenvalue weighted by Gasteiger charge is -1.99. The van der Waals surface area contributed by atoms with Gasteiger partial charge in [-0.3, -0.25) is 15.1 Å². The highest BCUT2D eigenvalue weighted by molar-refractivity contribution is 5.76. The average molecular weight is 157 g/mol. The second-order valence-electron chi connectivity index (χ2n) is 2.71. The molecule has 0 atom stereocenters. The first-order valence-electron chi connectivity index (χ1n) is 3.66. The average Bonchev–Trinajstić information content (AvgIpc) is 1.85. The van der Waals surface area contributed by atoms with Crippen molar-refractivity contribution in [2.75, 3.05) is 6.61 Å². The highest BCUT2D eigenvalue weighted by Gasteiger charge is 1.89. The van der Waals surface area contributed by atoms with Gasteiger partial charge in [0.2, 0.25) is 0 Å². The van der Waals surface area contributed by atoms with Gasteiger partial charge in [0.05, 0.1) is 0 Å². The molecular formula is C8H15NO2. The topological polar surface area (TPSA) is 38.3 Å². The van der Waals surface area contributed by atoms with Crippen LogP contribution in [0.25, 0.3) is 0 Å². The van der Waals surface area contributed by atoms with Gasteiger partial charge in [0, 0.05) is 6.20 Å². The molecule has 0 aliphatic rings. The Morgan fingerprint density at radius 2 is 2.27 bits per heavy atom. The summed E-state index contributed by atoms with van der Waals surface area (Å²) in [7, 11) is 0. The number of hydrogen-bond acceptors (Lipinski definition) is 3. The molecular weight excluding hydrogens is 142 g/mol. The predicted molar refractivity (Wildman–Crippen MR) is 43.7 cm³/mol. The highest BCUT2D eigenvalue weighted by atomic mass is 16.6. The summed E-state index contributed by atoms with van der Waals surface area (Å²) in [5.41, 5.74) is 2.55. The molecule has 11 heavy (non-hydrogen) atoms. The summed E-state index contributed by atoms with van der Waals surface area (Å²) in [5.74, 6) is 0.499. The fourth-order valence-electron chi connectivity index (χ4n) is 0.423. The first-order chi connectivity index (χ1) is 5.13. The van der Waals surface area contributed by atoms with E-state index in [1.54, 1.807) is 6.20 Å². The fraction of sp³-hybridized carbons (Fsp3) is 0.625. The normalized spacial score (nSPS) is 10.9. The summed E-state index contributed by atoms with van der Waals surface area (Å²) in [4.78, 5) is 15.1. The minimum atomic E-state index is 0.00967. The Morgan fingerprint density at radius 3 is 2.73 bits per heavy atom. The van der Waals surface area contributed by atoms with Crippen LogP contribution in [0, 0.1) is 5.92 Å². The number of nitrogens with one attached hydrogen (secondary N) is 1. The van der Waals surface area contributed by atoms with Gasteiger partial charge in [-0.1, -0.05) is 19.9 Å². The van der Waals surface area contributed by atoms with Crippen molar-refractivity contribution in [1.29, 1.82) is 0 Å². The zero-order valence-electron chi connectivity index (χ0n) is 7.26. The monoisotopic (exact) mass is 157 g/mol. The molecule has 0 aliphatic carbocycles. The number of rotatable bonds is 5. The Hall–Kier alpha value is -0.830. The molecule has 0 aromatic carbocycles. The molecule has 0 heterocycles. The quantitative estimate of drug-likeness (QED) is 0.482. The molecule has 0 aliphatic heterocycles. The fourth-order valence-corrected chi connectivity index (χ4v) is 0.423. The Morgan fingerprint density at radius 1 is 1.64 bits per heavy atom. The number of Topliss-reactive ketones (excluding diaryl/α,β-unsaturated/α-hetero) is 1. The van der Waals surface area contributed by atoms with Gasteiger partial charge < -0.3 is 0 Å². The molecule has 0 fully saturated rings. The number of carbonyl (C=O) groups excluding carboxylic acids is 1. The van der Waals surface area contributed by atoms with E-state index in [4.69, 9.17) is 4.84 Å². The van der Waals surface area contributed by atoms with Crippen LogP contribution in [0.2, 0.25) is 0 Å². The molecule has 0 amide bonds. The van der Waals surface area contributed by atoms with Gasteiger partial charge in [-0.15, -0.1) is 0 Å². The maximum absolute atomic E-state index is 10.4. The third kappa shape index (κ3) is 9.17. The SMILES string of the molecule is CC(=O)CON/C=C/C(C)C. The second kappa shape index (κ2) is 5.92. The smallest absolute Gasteiger partial charge is 0.158 e. The van der Waals surface area contributed by atoms with Crippen molar-refractivity contribution in [3.8, 4) is 0 Å². The second-order valence-corrected chi connectivity index (χ2v) is 2.71. The summed E-state index contributed by atoms with van der Waals surface area (Å²) in [6, 6.07) is 0. The molecule has 3 heteroatoms. The van der Waals surface area contributed by atoms with E-state index in [0.717, 1.165) is 0 Å². The highest BCUT2D eigenvalue weighted by Crippen LogP contribution is 1.90. The van der Waals surface area contributed by atoms with E-state index in [0.29, 0.717) is 5.92 Å². The zero-order valence-corrected chi connectivity index (χ0v) is 7.26. The van der Waals surface area contributed by atoms with Crippen LogP contribution in [-0.2, 0) is 9.63 Å². The minimum absolute atomic E-state index is 0.00967. The van der Waals surface area contributed by atoms with Crippen molar-refractivity contribution in [3.63, 3.8) is 0 Å². The minimum Gasteiger partial charge on any atom is -0.297 e. The van der Waals surface area contributed by atoms with Crippen molar-refractivity contribution in [3.05, 3.63) is 12.3 Å². The van der Waals surface area contributed by atoms with Crippen LogP contribution in [0.3, 0.4) is 0 Å². The number of hydroxylamine groups is 1. The van der Waals surface area contributed by atoms with Crippen LogP contribution in [0.15, 0.2) is 12.3 Å². The lowest BCUT2D eigenvalue weighted by Crippen LogP contribution is -2.12. The standard InChI is InChI=1S/C8H15NO2/c1-7(2)4-5-9-11-6-8(3)10/h4-5,7,9H,6H2,1-3H3/b5-4+.